The lowest BCUT2D eigenvalue weighted by Gasteiger charge is -2.11. The van der Waals surface area contributed by atoms with Gasteiger partial charge in [-0.3, -0.25) is 14.2 Å². The van der Waals surface area contributed by atoms with Gasteiger partial charge in [0, 0.05) is 29.7 Å². The van der Waals surface area contributed by atoms with E-state index in [9.17, 15) is 9.59 Å². The highest BCUT2D eigenvalue weighted by molar-refractivity contribution is 5.88. The van der Waals surface area contributed by atoms with Gasteiger partial charge in [-0.1, -0.05) is 36.4 Å². The SMILES string of the molecule is Cc1ncn(CCNC(=O)COc2cccc3ccccc23)c(=O)c1C. The summed E-state index contributed by atoms with van der Waals surface area (Å²) in [4.78, 5) is 28.3. The Morgan fingerprint density at radius 1 is 1.15 bits per heavy atom. The van der Waals surface area contributed by atoms with Gasteiger partial charge in [-0.15, -0.1) is 0 Å². The van der Waals surface area contributed by atoms with Crippen molar-refractivity contribution in [3.05, 3.63) is 70.4 Å². The molecule has 1 heterocycles. The third kappa shape index (κ3) is 3.91. The van der Waals surface area contributed by atoms with E-state index in [1.54, 1.807) is 13.8 Å². The molecule has 3 aromatic rings. The molecule has 3 rings (SSSR count). The Labute approximate surface area is 151 Å². The zero-order valence-electron chi connectivity index (χ0n) is 14.9. The van der Waals surface area contributed by atoms with Gasteiger partial charge in [-0.2, -0.15) is 0 Å². The number of hydrogen-bond donors (Lipinski definition) is 1. The lowest BCUT2D eigenvalue weighted by Crippen LogP contribution is -2.34. The van der Waals surface area contributed by atoms with Crippen molar-refractivity contribution in [2.24, 2.45) is 0 Å². The first-order valence-corrected chi connectivity index (χ1v) is 8.46. The first-order chi connectivity index (χ1) is 12.6. The Bertz CT molecular complexity index is 990. The lowest BCUT2D eigenvalue weighted by atomic mass is 10.1. The fourth-order valence-electron chi connectivity index (χ4n) is 2.67. The Morgan fingerprint density at radius 3 is 2.77 bits per heavy atom. The van der Waals surface area contributed by atoms with Gasteiger partial charge in [0.1, 0.15) is 5.75 Å². The molecule has 0 fully saturated rings. The largest absolute Gasteiger partial charge is 0.483 e. The van der Waals surface area contributed by atoms with Gasteiger partial charge in [0.25, 0.3) is 11.5 Å². The lowest BCUT2D eigenvalue weighted by molar-refractivity contribution is -0.123. The monoisotopic (exact) mass is 351 g/mol. The standard InChI is InChI=1S/C20H21N3O3/c1-14-15(2)22-13-23(20(14)25)11-10-21-19(24)12-26-18-9-5-7-16-6-3-4-8-17(16)18/h3-9,13H,10-12H2,1-2H3,(H,21,24). The third-order valence-electron chi connectivity index (χ3n) is 4.30. The first kappa shape index (κ1) is 17.7. The molecule has 0 aliphatic rings. The van der Waals surface area contributed by atoms with Gasteiger partial charge in [0.15, 0.2) is 6.61 Å². The molecule has 0 atom stereocenters. The van der Waals surface area contributed by atoms with Crippen molar-refractivity contribution in [1.29, 1.82) is 0 Å². The van der Waals surface area contributed by atoms with E-state index in [-0.39, 0.29) is 18.1 Å². The Kier molecular flexibility index (Phi) is 5.31. The quantitative estimate of drug-likeness (QED) is 0.739. The maximum atomic E-state index is 12.1. The van der Waals surface area contributed by atoms with Crippen LogP contribution in [0.25, 0.3) is 10.8 Å². The molecule has 0 bridgehead atoms. The van der Waals surface area contributed by atoms with Crippen LogP contribution >= 0.6 is 0 Å². The fourth-order valence-corrected chi connectivity index (χ4v) is 2.67. The summed E-state index contributed by atoms with van der Waals surface area (Å²) in [5, 5.41) is 4.79. The van der Waals surface area contributed by atoms with Crippen LogP contribution in [0, 0.1) is 13.8 Å². The number of benzene rings is 2. The van der Waals surface area contributed by atoms with Crippen LogP contribution < -0.4 is 15.6 Å². The molecule has 0 radical (unpaired) electrons. The number of nitrogens with zero attached hydrogens (tertiary/aromatic N) is 2. The highest BCUT2D eigenvalue weighted by Crippen LogP contribution is 2.24. The second-order valence-corrected chi connectivity index (χ2v) is 6.07. The number of hydrogen-bond acceptors (Lipinski definition) is 4. The first-order valence-electron chi connectivity index (χ1n) is 8.46. The van der Waals surface area contributed by atoms with E-state index in [4.69, 9.17) is 4.74 Å². The molecular weight excluding hydrogens is 330 g/mol. The Balaban J connectivity index is 1.53. The van der Waals surface area contributed by atoms with Crippen LogP contribution in [-0.2, 0) is 11.3 Å². The maximum Gasteiger partial charge on any atom is 0.258 e. The van der Waals surface area contributed by atoms with Gasteiger partial charge < -0.3 is 10.1 Å². The predicted molar refractivity (Wildman–Crippen MR) is 100 cm³/mol. The van der Waals surface area contributed by atoms with Crippen molar-refractivity contribution in [3.63, 3.8) is 0 Å². The van der Waals surface area contributed by atoms with Crippen LogP contribution in [0.5, 0.6) is 5.75 Å². The summed E-state index contributed by atoms with van der Waals surface area (Å²) in [5.74, 6) is 0.440. The molecular formula is C20H21N3O3. The van der Waals surface area contributed by atoms with Gasteiger partial charge in [0.05, 0.1) is 6.33 Å². The van der Waals surface area contributed by atoms with Crippen molar-refractivity contribution in [2.45, 2.75) is 20.4 Å². The molecule has 2 aromatic carbocycles. The van der Waals surface area contributed by atoms with Crippen LogP contribution in [-0.4, -0.2) is 28.6 Å². The summed E-state index contributed by atoms with van der Waals surface area (Å²) >= 11 is 0. The van der Waals surface area contributed by atoms with Crippen LogP contribution in [0.15, 0.2) is 53.6 Å². The summed E-state index contributed by atoms with van der Waals surface area (Å²) < 4.78 is 7.14. The van der Waals surface area contributed by atoms with Crippen LogP contribution in [0.2, 0.25) is 0 Å². The molecule has 134 valence electrons. The molecule has 0 spiro atoms. The maximum absolute atomic E-state index is 12.1. The third-order valence-corrected chi connectivity index (χ3v) is 4.30. The van der Waals surface area contributed by atoms with Gasteiger partial charge in [-0.25, -0.2) is 4.98 Å². The zero-order valence-corrected chi connectivity index (χ0v) is 14.9. The number of ether oxygens (including phenoxy) is 1. The second-order valence-electron chi connectivity index (χ2n) is 6.07. The molecule has 0 saturated carbocycles. The Hall–Kier alpha value is -3.15. The number of carbonyl (C=O) groups is 1. The minimum Gasteiger partial charge on any atom is -0.483 e. The predicted octanol–water partition coefficient (Wildman–Crippen LogP) is 2.21. The van der Waals surface area contributed by atoms with E-state index in [1.165, 1.54) is 10.9 Å². The van der Waals surface area contributed by atoms with E-state index < -0.39 is 0 Å². The molecule has 6 heteroatoms. The molecule has 0 unspecified atom stereocenters. The average molecular weight is 351 g/mol. The van der Waals surface area contributed by atoms with Crippen molar-refractivity contribution in [3.8, 4) is 5.75 Å². The molecule has 0 saturated heterocycles. The number of fused-ring (bicyclic) bond motifs is 1. The van der Waals surface area contributed by atoms with Crippen molar-refractivity contribution in [2.75, 3.05) is 13.2 Å². The number of aromatic nitrogens is 2. The van der Waals surface area contributed by atoms with E-state index in [0.29, 0.717) is 24.4 Å². The summed E-state index contributed by atoms with van der Waals surface area (Å²) in [6.07, 6.45) is 1.50. The van der Waals surface area contributed by atoms with Crippen LogP contribution in [0.3, 0.4) is 0 Å². The average Bonchev–Trinajstić information content (AvgIpc) is 2.66. The minimum atomic E-state index is -0.234. The summed E-state index contributed by atoms with van der Waals surface area (Å²) in [6, 6.07) is 13.6. The molecule has 26 heavy (non-hydrogen) atoms. The number of carbonyl (C=O) groups excluding carboxylic acids is 1. The second kappa shape index (κ2) is 7.82. The number of rotatable bonds is 6. The van der Waals surface area contributed by atoms with Gasteiger partial charge in [0.2, 0.25) is 0 Å². The van der Waals surface area contributed by atoms with Crippen molar-refractivity contribution in [1.82, 2.24) is 14.9 Å². The summed E-state index contributed by atoms with van der Waals surface area (Å²) in [5.41, 5.74) is 1.26. The van der Waals surface area contributed by atoms with Gasteiger partial charge in [-0.05, 0) is 25.3 Å². The molecule has 1 aromatic heterocycles. The highest BCUT2D eigenvalue weighted by atomic mass is 16.5. The van der Waals surface area contributed by atoms with Crippen molar-refractivity contribution >= 4 is 16.7 Å². The van der Waals surface area contributed by atoms with E-state index in [2.05, 4.69) is 10.3 Å². The molecule has 0 aliphatic carbocycles. The minimum absolute atomic E-state index is 0.0753. The number of nitrogens with one attached hydrogen (secondary N) is 1. The van der Waals surface area contributed by atoms with E-state index in [1.807, 2.05) is 42.5 Å². The smallest absolute Gasteiger partial charge is 0.258 e. The zero-order chi connectivity index (χ0) is 18.5. The van der Waals surface area contributed by atoms with E-state index in [0.717, 1.165) is 16.5 Å². The number of amides is 1. The molecule has 1 amide bonds. The summed E-state index contributed by atoms with van der Waals surface area (Å²) in [6.45, 7) is 4.17. The topological polar surface area (TPSA) is 73.2 Å². The normalized spacial score (nSPS) is 10.7. The number of aryl methyl sites for hydroxylation is 1. The van der Waals surface area contributed by atoms with Crippen LogP contribution in [0.1, 0.15) is 11.3 Å². The fraction of sp³-hybridized carbons (Fsp3) is 0.250. The van der Waals surface area contributed by atoms with E-state index >= 15 is 0 Å². The molecule has 1 N–H and O–H groups in total. The molecule has 0 aliphatic heterocycles. The molecule has 6 nitrogen and oxygen atoms in total. The van der Waals surface area contributed by atoms with Crippen molar-refractivity contribution < 1.29 is 9.53 Å². The highest BCUT2D eigenvalue weighted by Gasteiger charge is 2.07. The van der Waals surface area contributed by atoms with Crippen LogP contribution in [0.4, 0.5) is 0 Å². The Morgan fingerprint density at radius 2 is 1.92 bits per heavy atom. The summed E-state index contributed by atoms with van der Waals surface area (Å²) in [7, 11) is 0. The van der Waals surface area contributed by atoms with Gasteiger partial charge >= 0.3 is 0 Å².